The Morgan fingerprint density at radius 2 is 1.75 bits per heavy atom. The van der Waals surface area contributed by atoms with Crippen molar-refractivity contribution in [3.63, 3.8) is 0 Å². The standard InChI is InChI=1S/C23H33N3O2/c1-2-3-9-16-28-20-14-12-18(13-15-20)23-21(17-22(27)25-26-23)24-19-10-7-5-4-6-8-11-19/h12-15,17,19,23-24H,2-11,16H2,1H3. The van der Waals surface area contributed by atoms with Crippen LogP contribution in [0.2, 0.25) is 0 Å². The highest BCUT2D eigenvalue weighted by Crippen LogP contribution is 2.30. The van der Waals surface area contributed by atoms with E-state index in [1.165, 1.54) is 44.9 Å². The molecule has 0 saturated heterocycles. The van der Waals surface area contributed by atoms with E-state index < -0.39 is 0 Å². The van der Waals surface area contributed by atoms with Crippen molar-refractivity contribution < 1.29 is 9.53 Å². The van der Waals surface area contributed by atoms with Crippen LogP contribution < -0.4 is 10.1 Å². The van der Waals surface area contributed by atoms with Gasteiger partial charge in [-0.1, -0.05) is 64.0 Å². The van der Waals surface area contributed by atoms with Gasteiger partial charge in [0.2, 0.25) is 0 Å². The summed E-state index contributed by atoms with van der Waals surface area (Å²) in [5.74, 6) is 0.600. The van der Waals surface area contributed by atoms with Crippen LogP contribution in [0.25, 0.3) is 0 Å². The van der Waals surface area contributed by atoms with Crippen LogP contribution in [0, 0.1) is 0 Å². The van der Waals surface area contributed by atoms with Gasteiger partial charge in [0.25, 0.3) is 5.91 Å². The van der Waals surface area contributed by atoms with Crippen molar-refractivity contribution in [2.45, 2.75) is 83.2 Å². The molecule has 0 radical (unpaired) electrons. The third-order valence-corrected chi connectivity index (χ3v) is 5.53. The van der Waals surface area contributed by atoms with Crippen LogP contribution in [0.4, 0.5) is 0 Å². The molecule has 1 atom stereocenters. The lowest BCUT2D eigenvalue weighted by molar-refractivity contribution is -0.114. The number of carbonyl (C=O) groups excluding carboxylic acids is 1. The zero-order chi connectivity index (χ0) is 19.6. The zero-order valence-electron chi connectivity index (χ0n) is 17.0. The number of ether oxygens (including phenoxy) is 1. The highest BCUT2D eigenvalue weighted by molar-refractivity contribution is 5.89. The van der Waals surface area contributed by atoms with Crippen molar-refractivity contribution in [1.29, 1.82) is 0 Å². The Morgan fingerprint density at radius 1 is 1.04 bits per heavy atom. The van der Waals surface area contributed by atoms with Crippen molar-refractivity contribution in [3.05, 3.63) is 41.6 Å². The Balaban J connectivity index is 1.64. The van der Waals surface area contributed by atoms with Crippen molar-refractivity contribution in [1.82, 2.24) is 5.32 Å². The predicted molar refractivity (Wildman–Crippen MR) is 111 cm³/mol. The van der Waals surface area contributed by atoms with E-state index in [1.54, 1.807) is 6.08 Å². The molecule has 1 amide bonds. The van der Waals surface area contributed by atoms with Crippen molar-refractivity contribution >= 4 is 5.91 Å². The van der Waals surface area contributed by atoms with E-state index in [4.69, 9.17) is 4.74 Å². The van der Waals surface area contributed by atoms with Gasteiger partial charge >= 0.3 is 0 Å². The minimum Gasteiger partial charge on any atom is -0.494 e. The predicted octanol–water partition coefficient (Wildman–Crippen LogP) is 5.88. The van der Waals surface area contributed by atoms with E-state index in [-0.39, 0.29) is 11.9 Å². The fourth-order valence-corrected chi connectivity index (χ4v) is 3.91. The van der Waals surface area contributed by atoms with E-state index in [0.717, 1.165) is 42.9 Å². The van der Waals surface area contributed by atoms with Gasteiger partial charge in [0.1, 0.15) is 11.8 Å². The van der Waals surface area contributed by atoms with Crippen LogP contribution in [0.5, 0.6) is 5.75 Å². The molecule has 0 aromatic heterocycles. The normalized spacial score (nSPS) is 21.0. The van der Waals surface area contributed by atoms with Gasteiger partial charge in [-0.05, 0) is 37.0 Å². The lowest BCUT2D eigenvalue weighted by atomic mass is 9.95. The number of carbonyl (C=O) groups is 1. The maximum Gasteiger partial charge on any atom is 0.289 e. The topological polar surface area (TPSA) is 63.1 Å². The molecule has 3 rings (SSSR count). The molecule has 1 aromatic rings. The van der Waals surface area contributed by atoms with Gasteiger partial charge in [0.15, 0.2) is 0 Å². The van der Waals surface area contributed by atoms with Crippen LogP contribution in [-0.2, 0) is 4.79 Å². The van der Waals surface area contributed by atoms with Crippen LogP contribution in [0.1, 0.15) is 82.7 Å². The average molecular weight is 384 g/mol. The second-order valence-corrected chi connectivity index (χ2v) is 7.87. The molecule has 1 unspecified atom stereocenters. The van der Waals surface area contributed by atoms with Gasteiger partial charge < -0.3 is 10.1 Å². The number of hydrogen-bond donors (Lipinski definition) is 1. The van der Waals surface area contributed by atoms with E-state index in [1.807, 2.05) is 24.3 Å². The number of nitrogens with zero attached hydrogens (tertiary/aromatic N) is 2. The molecule has 1 aliphatic carbocycles. The molecule has 2 aliphatic rings. The monoisotopic (exact) mass is 383 g/mol. The fourth-order valence-electron chi connectivity index (χ4n) is 3.91. The van der Waals surface area contributed by atoms with Gasteiger partial charge in [-0.2, -0.15) is 5.11 Å². The van der Waals surface area contributed by atoms with E-state index >= 15 is 0 Å². The first-order chi connectivity index (χ1) is 13.8. The Bertz CT molecular complexity index is 674. The summed E-state index contributed by atoms with van der Waals surface area (Å²) < 4.78 is 5.80. The highest BCUT2D eigenvalue weighted by atomic mass is 16.5. The van der Waals surface area contributed by atoms with E-state index in [0.29, 0.717) is 6.04 Å². The molecule has 5 nitrogen and oxygen atoms in total. The molecule has 1 saturated carbocycles. The molecule has 1 aromatic carbocycles. The third kappa shape index (κ3) is 6.18. The van der Waals surface area contributed by atoms with Gasteiger partial charge in [0, 0.05) is 17.8 Å². The number of azo groups is 1. The number of rotatable bonds is 8. The smallest absolute Gasteiger partial charge is 0.289 e. The number of hydrogen-bond acceptors (Lipinski definition) is 4. The van der Waals surface area contributed by atoms with Crippen molar-refractivity contribution in [2.75, 3.05) is 6.61 Å². The number of benzene rings is 1. The van der Waals surface area contributed by atoms with E-state index in [9.17, 15) is 4.79 Å². The van der Waals surface area contributed by atoms with Gasteiger partial charge in [-0.25, -0.2) is 0 Å². The maximum absolute atomic E-state index is 11.8. The fraction of sp³-hybridized carbons (Fsp3) is 0.609. The minimum absolute atomic E-state index is 0.239. The molecular weight excluding hydrogens is 350 g/mol. The Morgan fingerprint density at radius 3 is 2.46 bits per heavy atom. The summed E-state index contributed by atoms with van der Waals surface area (Å²) in [6.45, 7) is 2.94. The summed E-state index contributed by atoms with van der Waals surface area (Å²) >= 11 is 0. The maximum atomic E-state index is 11.8. The molecule has 1 N–H and O–H groups in total. The second-order valence-electron chi connectivity index (χ2n) is 7.87. The molecule has 1 aliphatic heterocycles. The summed E-state index contributed by atoms with van der Waals surface area (Å²) in [4.78, 5) is 11.8. The molecule has 152 valence electrons. The van der Waals surface area contributed by atoms with Crippen LogP contribution in [0.15, 0.2) is 46.3 Å². The molecule has 5 heteroatoms. The molecule has 0 spiro atoms. The van der Waals surface area contributed by atoms with Gasteiger partial charge in [-0.15, -0.1) is 5.11 Å². The van der Waals surface area contributed by atoms with Crippen LogP contribution >= 0.6 is 0 Å². The number of nitrogens with one attached hydrogen (secondary N) is 1. The molecule has 1 fully saturated rings. The van der Waals surface area contributed by atoms with Crippen molar-refractivity contribution in [3.8, 4) is 5.75 Å². The first-order valence-electron chi connectivity index (χ1n) is 10.9. The first kappa shape index (κ1) is 20.6. The molecule has 0 bridgehead atoms. The summed E-state index contributed by atoms with van der Waals surface area (Å²) in [5.41, 5.74) is 1.91. The average Bonchev–Trinajstić information content (AvgIpc) is 2.68. The third-order valence-electron chi connectivity index (χ3n) is 5.53. The van der Waals surface area contributed by atoms with Crippen molar-refractivity contribution in [2.24, 2.45) is 10.2 Å². The Labute approximate surface area is 168 Å². The van der Waals surface area contributed by atoms with Crippen LogP contribution in [-0.4, -0.2) is 18.6 Å². The van der Waals surface area contributed by atoms with Gasteiger partial charge in [0.05, 0.1) is 6.61 Å². The summed E-state index contributed by atoms with van der Waals surface area (Å²) in [6.07, 6.45) is 13.8. The van der Waals surface area contributed by atoms with Crippen LogP contribution in [0.3, 0.4) is 0 Å². The summed E-state index contributed by atoms with van der Waals surface area (Å²) in [6, 6.07) is 8.21. The number of amides is 1. The lowest BCUT2D eigenvalue weighted by Crippen LogP contribution is -2.32. The molecule has 1 heterocycles. The molecular formula is C23H33N3O2. The minimum atomic E-state index is -0.277. The highest BCUT2D eigenvalue weighted by Gasteiger charge is 2.24. The zero-order valence-corrected chi connectivity index (χ0v) is 17.0. The summed E-state index contributed by atoms with van der Waals surface area (Å²) in [5, 5.41) is 11.7. The Kier molecular flexibility index (Phi) is 8.07. The SMILES string of the molecule is CCCCCOc1ccc(C2N=NC(=O)C=C2NC2CCCCCCC2)cc1. The Hall–Kier alpha value is -2.17. The quantitative estimate of drug-likeness (QED) is 0.571. The lowest BCUT2D eigenvalue weighted by Gasteiger charge is -2.27. The first-order valence-corrected chi connectivity index (χ1v) is 10.9. The van der Waals surface area contributed by atoms with Gasteiger partial charge in [-0.3, -0.25) is 4.79 Å². The largest absolute Gasteiger partial charge is 0.494 e. The van der Waals surface area contributed by atoms with E-state index in [2.05, 4.69) is 22.5 Å². The second kappa shape index (κ2) is 11.0. The molecule has 28 heavy (non-hydrogen) atoms. The number of unbranched alkanes of at least 4 members (excludes halogenated alkanes) is 2. The summed E-state index contributed by atoms with van der Waals surface area (Å²) in [7, 11) is 0.